The van der Waals surface area contributed by atoms with Crippen LogP contribution in [0.2, 0.25) is 5.02 Å². The van der Waals surface area contributed by atoms with E-state index in [0.29, 0.717) is 49.1 Å². The van der Waals surface area contributed by atoms with Crippen LogP contribution in [0.3, 0.4) is 0 Å². The Hall–Kier alpha value is -4.30. The van der Waals surface area contributed by atoms with Crippen LogP contribution in [0.1, 0.15) is 15.9 Å². The van der Waals surface area contributed by atoms with Crippen LogP contribution < -0.4 is 5.32 Å². The standard InChI is InChI=1S/C28H25ClN6O2/c29-23-7-3-21(4-8-23)25-11-13-31-28(33-25)32-24-9-5-22(6-10-24)27(37)35-16-14-34(15-17-35)26(36)18-20-2-1-12-30-19-20/h1-13,19H,14-18H2,(H,31,32,33). The van der Waals surface area contributed by atoms with Crippen LogP contribution in [0.4, 0.5) is 11.6 Å². The zero-order valence-electron chi connectivity index (χ0n) is 20.0. The Kier molecular flexibility index (Phi) is 7.37. The lowest BCUT2D eigenvalue weighted by Gasteiger charge is -2.35. The average Bonchev–Trinajstić information content (AvgIpc) is 2.94. The molecule has 1 aliphatic rings. The second kappa shape index (κ2) is 11.2. The lowest BCUT2D eigenvalue weighted by molar-refractivity contribution is -0.131. The van der Waals surface area contributed by atoms with Gasteiger partial charge >= 0.3 is 0 Å². The van der Waals surface area contributed by atoms with Gasteiger partial charge in [0, 0.05) is 66.6 Å². The van der Waals surface area contributed by atoms with E-state index in [1.165, 1.54) is 0 Å². The van der Waals surface area contributed by atoms with Gasteiger partial charge in [0.15, 0.2) is 0 Å². The molecule has 1 fully saturated rings. The number of benzene rings is 2. The molecule has 0 saturated carbocycles. The van der Waals surface area contributed by atoms with Gasteiger partial charge in [0.2, 0.25) is 11.9 Å². The molecular formula is C28H25ClN6O2. The predicted octanol–water partition coefficient (Wildman–Crippen LogP) is 4.46. The molecule has 186 valence electrons. The van der Waals surface area contributed by atoms with E-state index in [4.69, 9.17) is 11.6 Å². The van der Waals surface area contributed by atoms with Crippen molar-refractivity contribution in [2.75, 3.05) is 31.5 Å². The van der Waals surface area contributed by atoms with Gasteiger partial charge in [-0.05, 0) is 54.1 Å². The van der Waals surface area contributed by atoms with E-state index in [0.717, 1.165) is 22.5 Å². The molecule has 0 atom stereocenters. The third kappa shape index (κ3) is 6.10. The molecule has 1 N–H and O–H groups in total. The Labute approximate surface area is 220 Å². The average molecular weight is 513 g/mol. The van der Waals surface area contributed by atoms with E-state index in [9.17, 15) is 9.59 Å². The van der Waals surface area contributed by atoms with Gasteiger partial charge in [0.25, 0.3) is 5.91 Å². The lowest BCUT2D eigenvalue weighted by Crippen LogP contribution is -2.51. The van der Waals surface area contributed by atoms with Gasteiger partial charge in [0.1, 0.15) is 0 Å². The van der Waals surface area contributed by atoms with E-state index >= 15 is 0 Å². The second-order valence-corrected chi connectivity index (χ2v) is 9.12. The van der Waals surface area contributed by atoms with Crippen LogP contribution in [-0.2, 0) is 11.2 Å². The summed E-state index contributed by atoms with van der Waals surface area (Å²) in [4.78, 5) is 42.1. The van der Waals surface area contributed by atoms with Crippen LogP contribution in [0, 0.1) is 0 Å². The molecule has 0 bridgehead atoms. The monoisotopic (exact) mass is 512 g/mol. The van der Waals surface area contributed by atoms with E-state index in [2.05, 4.69) is 20.3 Å². The summed E-state index contributed by atoms with van der Waals surface area (Å²) in [5.74, 6) is 0.461. The van der Waals surface area contributed by atoms with Gasteiger partial charge in [-0.15, -0.1) is 0 Å². The number of aromatic nitrogens is 3. The Morgan fingerprint density at radius 2 is 1.59 bits per heavy atom. The number of hydrogen-bond acceptors (Lipinski definition) is 6. The van der Waals surface area contributed by atoms with Crippen molar-refractivity contribution in [2.24, 2.45) is 0 Å². The fourth-order valence-electron chi connectivity index (χ4n) is 4.16. The number of carbonyl (C=O) groups excluding carboxylic acids is 2. The van der Waals surface area contributed by atoms with Crippen molar-refractivity contribution in [1.82, 2.24) is 24.8 Å². The molecule has 37 heavy (non-hydrogen) atoms. The summed E-state index contributed by atoms with van der Waals surface area (Å²) >= 11 is 5.98. The molecule has 8 nitrogen and oxygen atoms in total. The van der Waals surface area contributed by atoms with Gasteiger partial charge in [-0.1, -0.05) is 29.8 Å². The maximum absolute atomic E-state index is 13.0. The van der Waals surface area contributed by atoms with Crippen molar-refractivity contribution in [3.8, 4) is 11.3 Å². The molecule has 2 aromatic carbocycles. The molecule has 2 aromatic heterocycles. The number of piperazine rings is 1. The third-order valence-electron chi connectivity index (χ3n) is 6.18. The zero-order valence-corrected chi connectivity index (χ0v) is 20.8. The SMILES string of the molecule is O=C(Cc1cccnc1)N1CCN(C(=O)c2ccc(Nc3nccc(-c4ccc(Cl)cc4)n3)cc2)CC1. The second-order valence-electron chi connectivity index (χ2n) is 8.69. The minimum atomic E-state index is -0.0492. The molecule has 1 saturated heterocycles. The predicted molar refractivity (Wildman–Crippen MR) is 143 cm³/mol. The van der Waals surface area contributed by atoms with Crippen LogP contribution in [-0.4, -0.2) is 62.7 Å². The summed E-state index contributed by atoms with van der Waals surface area (Å²) in [7, 11) is 0. The van der Waals surface area contributed by atoms with E-state index in [1.54, 1.807) is 35.6 Å². The molecule has 0 aliphatic carbocycles. The summed E-state index contributed by atoms with van der Waals surface area (Å²) < 4.78 is 0. The van der Waals surface area contributed by atoms with Crippen molar-refractivity contribution < 1.29 is 9.59 Å². The summed E-state index contributed by atoms with van der Waals surface area (Å²) in [6.07, 6.45) is 5.41. The van der Waals surface area contributed by atoms with Gasteiger partial charge in [0.05, 0.1) is 12.1 Å². The van der Waals surface area contributed by atoms with Crippen molar-refractivity contribution >= 4 is 35.1 Å². The number of nitrogens with zero attached hydrogens (tertiary/aromatic N) is 5. The number of carbonyl (C=O) groups is 2. The fraction of sp³-hybridized carbons (Fsp3) is 0.179. The quantitative estimate of drug-likeness (QED) is 0.410. The molecule has 4 aromatic rings. The number of rotatable bonds is 6. The van der Waals surface area contributed by atoms with E-state index in [-0.39, 0.29) is 11.8 Å². The highest BCUT2D eigenvalue weighted by Crippen LogP contribution is 2.22. The fourth-order valence-corrected chi connectivity index (χ4v) is 4.28. The maximum Gasteiger partial charge on any atom is 0.253 e. The Morgan fingerprint density at radius 3 is 2.30 bits per heavy atom. The molecule has 0 spiro atoms. The first kappa shape index (κ1) is 24.4. The molecule has 5 rings (SSSR count). The van der Waals surface area contributed by atoms with Gasteiger partial charge < -0.3 is 15.1 Å². The topological polar surface area (TPSA) is 91.3 Å². The van der Waals surface area contributed by atoms with Crippen LogP contribution >= 0.6 is 11.6 Å². The number of nitrogens with one attached hydrogen (secondary N) is 1. The molecule has 9 heteroatoms. The number of hydrogen-bond donors (Lipinski definition) is 1. The first-order valence-corrected chi connectivity index (χ1v) is 12.3. The Bertz CT molecular complexity index is 1370. The summed E-state index contributed by atoms with van der Waals surface area (Å²) in [6, 6.07) is 20.3. The van der Waals surface area contributed by atoms with Crippen LogP contribution in [0.15, 0.2) is 85.3 Å². The first-order valence-electron chi connectivity index (χ1n) is 12.0. The summed E-state index contributed by atoms with van der Waals surface area (Å²) in [5, 5.41) is 3.86. The van der Waals surface area contributed by atoms with Gasteiger partial charge in [-0.3, -0.25) is 14.6 Å². The summed E-state index contributed by atoms with van der Waals surface area (Å²) in [5.41, 5.74) is 3.97. The van der Waals surface area contributed by atoms with E-state index in [1.807, 2.05) is 59.5 Å². The largest absolute Gasteiger partial charge is 0.339 e. The van der Waals surface area contributed by atoms with Gasteiger partial charge in [-0.2, -0.15) is 0 Å². The Balaban J connectivity index is 1.16. The van der Waals surface area contributed by atoms with Crippen LogP contribution in [0.5, 0.6) is 0 Å². The molecular weight excluding hydrogens is 488 g/mol. The molecule has 0 unspecified atom stereocenters. The van der Waals surface area contributed by atoms with Crippen molar-refractivity contribution in [3.63, 3.8) is 0 Å². The minimum absolute atomic E-state index is 0.0492. The highest BCUT2D eigenvalue weighted by molar-refractivity contribution is 6.30. The van der Waals surface area contributed by atoms with Crippen LogP contribution in [0.25, 0.3) is 11.3 Å². The Morgan fingerprint density at radius 1 is 0.865 bits per heavy atom. The normalized spacial score (nSPS) is 13.3. The molecule has 0 radical (unpaired) electrons. The number of anilines is 2. The van der Waals surface area contributed by atoms with Crippen molar-refractivity contribution in [3.05, 3.63) is 101 Å². The smallest absolute Gasteiger partial charge is 0.253 e. The number of halogens is 1. The molecule has 3 heterocycles. The third-order valence-corrected chi connectivity index (χ3v) is 6.43. The first-order chi connectivity index (χ1) is 18.0. The maximum atomic E-state index is 13.0. The molecule has 1 aliphatic heterocycles. The highest BCUT2D eigenvalue weighted by Gasteiger charge is 2.25. The minimum Gasteiger partial charge on any atom is -0.339 e. The lowest BCUT2D eigenvalue weighted by atomic mass is 10.1. The van der Waals surface area contributed by atoms with Crippen molar-refractivity contribution in [1.29, 1.82) is 0 Å². The highest BCUT2D eigenvalue weighted by atomic mass is 35.5. The number of pyridine rings is 1. The summed E-state index contributed by atoms with van der Waals surface area (Å²) in [6.45, 7) is 2.05. The molecule has 2 amide bonds. The van der Waals surface area contributed by atoms with Crippen molar-refractivity contribution in [2.45, 2.75) is 6.42 Å². The number of amides is 2. The zero-order chi connectivity index (χ0) is 25.6. The van der Waals surface area contributed by atoms with Gasteiger partial charge in [-0.25, -0.2) is 9.97 Å². The van der Waals surface area contributed by atoms with E-state index < -0.39 is 0 Å².